The van der Waals surface area contributed by atoms with Gasteiger partial charge >= 0.3 is 0 Å². The summed E-state index contributed by atoms with van der Waals surface area (Å²) in [6.45, 7) is 5.23. The standard InChI is InChI=1S/C29H34N4O5/c1-18-27-23(14-19(15-24(27)34)20-16-25(36-3)28(38-5)26(17-20)37-4)31-29(30-18)33-12-10-32(11-13-33)21-6-8-22(35-2)9-7-21/h6-9,16-17,19H,10-15H2,1-5H3/t19-/m1/s1. The first kappa shape index (κ1) is 25.6. The van der Waals surface area contributed by atoms with E-state index >= 15 is 0 Å². The van der Waals surface area contributed by atoms with E-state index in [2.05, 4.69) is 21.9 Å². The van der Waals surface area contributed by atoms with E-state index in [9.17, 15) is 4.79 Å². The average molecular weight is 519 g/mol. The molecule has 0 amide bonds. The number of aromatic nitrogens is 2. The van der Waals surface area contributed by atoms with Gasteiger partial charge in [-0.3, -0.25) is 4.79 Å². The number of carbonyl (C=O) groups excluding carboxylic acids is 1. The molecule has 1 aromatic heterocycles. The fourth-order valence-corrected chi connectivity index (χ4v) is 5.43. The highest BCUT2D eigenvalue weighted by atomic mass is 16.5. The molecule has 0 saturated carbocycles. The molecule has 1 aliphatic carbocycles. The lowest BCUT2D eigenvalue weighted by Crippen LogP contribution is -2.47. The minimum atomic E-state index is -0.0437. The number of rotatable bonds is 7. The van der Waals surface area contributed by atoms with Crippen molar-refractivity contribution in [2.45, 2.75) is 25.7 Å². The van der Waals surface area contributed by atoms with Gasteiger partial charge in [-0.1, -0.05) is 0 Å². The lowest BCUT2D eigenvalue weighted by Gasteiger charge is -2.36. The summed E-state index contributed by atoms with van der Waals surface area (Å²) in [4.78, 5) is 27.5. The van der Waals surface area contributed by atoms with Gasteiger partial charge in [0, 0.05) is 38.3 Å². The SMILES string of the molecule is COc1ccc(N2CCN(c3nc(C)c4c(n3)C[C@@H](c3cc(OC)c(OC)c(OC)c3)CC4=O)CC2)cc1. The normalized spacial score (nSPS) is 17.2. The molecule has 2 heterocycles. The number of nitrogens with zero attached hydrogens (tertiary/aromatic N) is 4. The number of hydrogen-bond donors (Lipinski definition) is 0. The van der Waals surface area contributed by atoms with E-state index in [1.54, 1.807) is 28.4 Å². The van der Waals surface area contributed by atoms with E-state index in [1.807, 2.05) is 31.2 Å². The number of carbonyl (C=O) groups is 1. The number of hydrogen-bond acceptors (Lipinski definition) is 9. The zero-order chi connectivity index (χ0) is 26.8. The molecular formula is C29H34N4O5. The van der Waals surface area contributed by atoms with Crippen LogP contribution in [0.15, 0.2) is 36.4 Å². The van der Waals surface area contributed by atoms with E-state index in [0.29, 0.717) is 41.6 Å². The monoisotopic (exact) mass is 518 g/mol. The topological polar surface area (TPSA) is 86.2 Å². The molecule has 0 bridgehead atoms. The fourth-order valence-electron chi connectivity index (χ4n) is 5.43. The van der Waals surface area contributed by atoms with Gasteiger partial charge in [-0.05, 0) is 61.2 Å². The van der Waals surface area contributed by atoms with Crippen LogP contribution in [0, 0.1) is 6.92 Å². The van der Waals surface area contributed by atoms with Crippen LogP contribution in [-0.4, -0.2) is 70.4 Å². The van der Waals surface area contributed by atoms with E-state index in [1.165, 1.54) is 5.69 Å². The van der Waals surface area contributed by atoms with Gasteiger partial charge in [0.15, 0.2) is 17.3 Å². The van der Waals surface area contributed by atoms with Crippen LogP contribution in [0.5, 0.6) is 23.0 Å². The maximum atomic E-state index is 13.3. The molecule has 1 atom stereocenters. The quantitative estimate of drug-likeness (QED) is 0.460. The predicted octanol–water partition coefficient (Wildman–Crippen LogP) is 4.06. The Morgan fingerprint density at radius 1 is 0.789 bits per heavy atom. The molecule has 5 rings (SSSR count). The molecule has 9 heteroatoms. The lowest BCUT2D eigenvalue weighted by molar-refractivity contribution is 0.0961. The molecule has 38 heavy (non-hydrogen) atoms. The summed E-state index contributed by atoms with van der Waals surface area (Å²) in [7, 11) is 6.45. The highest BCUT2D eigenvalue weighted by molar-refractivity contribution is 5.99. The lowest BCUT2D eigenvalue weighted by atomic mass is 9.81. The van der Waals surface area contributed by atoms with Crippen molar-refractivity contribution in [2.24, 2.45) is 0 Å². The van der Waals surface area contributed by atoms with Crippen molar-refractivity contribution in [3.05, 3.63) is 58.9 Å². The average Bonchev–Trinajstić information content (AvgIpc) is 2.96. The van der Waals surface area contributed by atoms with Crippen LogP contribution in [0.2, 0.25) is 0 Å². The summed E-state index contributed by atoms with van der Waals surface area (Å²) in [6.07, 6.45) is 1.03. The first-order valence-electron chi connectivity index (χ1n) is 12.8. The van der Waals surface area contributed by atoms with Crippen molar-refractivity contribution in [1.82, 2.24) is 9.97 Å². The molecule has 3 aromatic rings. The molecule has 0 spiro atoms. The van der Waals surface area contributed by atoms with E-state index < -0.39 is 0 Å². The number of ether oxygens (including phenoxy) is 4. The van der Waals surface area contributed by atoms with Crippen LogP contribution >= 0.6 is 0 Å². The summed E-state index contributed by atoms with van der Waals surface area (Å²) >= 11 is 0. The number of benzene rings is 2. The molecular weight excluding hydrogens is 484 g/mol. The minimum Gasteiger partial charge on any atom is -0.497 e. The summed E-state index contributed by atoms with van der Waals surface area (Å²) in [5, 5.41) is 0. The smallest absolute Gasteiger partial charge is 0.225 e. The molecule has 200 valence electrons. The second-order valence-electron chi connectivity index (χ2n) is 9.59. The van der Waals surface area contributed by atoms with Crippen molar-refractivity contribution in [2.75, 3.05) is 64.4 Å². The van der Waals surface area contributed by atoms with Crippen LogP contribution < -0.4 is 28.7 Å². The first-order chi connectivity index (χ1) is 18.4. The molecule has 1 saturated heterocycles. The molecule has 2 aromatic carbocycles. The molecule has 0 radical (unpaired) electrons. The van der Waals surface area contributed by atoms with Crippen molar-refractivity contribution >= 4 is 17.4 Å². The number of ketones is 1. The summed E-state index contributed by atoms with van der Waals surface area (Å²) in [5.74, 6) is 3.26. The second kappa shape index (κ2) is 10.8. The Bertz CT molecular complexity index is 1290. The molecule has 9 nitrogen and oxygen atoms in total. The van der Waals surface area contributed by atoms with Crippen LogP contribution in [0.25, 0.3) is 0 Å². The van der Waals surface area contributed by atoms with Crippen LogP contribution in [0.4, 0.5) is 11.6 Å². The Hall–Kier alpha value is -4.01. The maximum absolute atomic E-state index is 13.3. The van der Waals surface area contributed by atoms with Crippen molar-refractivity contribution in [1.29, 1.82) is 0 Å². The third-order valence-corrected chi connectivity index (χ3v) is 7.46. The third kappa shape index (κ3) is 4.80. The van der Waals surface area contributed by atoms with Gasteiger partial charge in [0.05, 0.1) is 45.4 Å². The van der Waals surface area contributed by atoms with Gasteiger partial charge < -0.3 is 28.7 Å². The minimum absolute atomic E-state index is 0.0437. The fraction of sp³-hybridized carbons (Fsp3) is 0.414. The molecule has 1 fully saturated rings. The van der Waals surface area contributed by atoms with Crippen LogP contribution in [0.1, 0.15) is 39.6 Å². The number of Topliss-reactive ketones (excluding diaryl/α,β-unsaturated/α-hetero) is 1. The van der Waals surface area contributed by atoms with Gasteiger partial charge in [-0.2, -0.15) is 0 Å². The summed E-state index contributed by atoms with van der Waals surface area (Å²) in [6, 6.07) is 12.0. The van der Waals surface area contributed by atoms with Crippen LogP contribution in [-0.2, 0) is 6.42 Å². The second-order valence-corrected chi connectivity index (χ2v) is 9.59. The summed E-state index contributed by atoms with van der Waals surface area (Å²) < 4.78 is 21.8. The van der Waals surface area contributed by atoms with Gasteiger partial charge in [-0.15, -0.1) is 0 Å². The van der Waals surface area contributed by atoms with Crippen molar-refractivity contribution in [3.63, 3.8) is 0 Å². The third-order valence-electron chi connectivity index (χ3n) is 7.46. The highest BCUT2D eigenvalue weighted by Gasteiger charge is 2.32. The molecule has 0 unspecified atom stereocenters. The number of fused-ring (bicyclic) bond motifs is 1. The summed E-state index contributed by atoms with van der Waals surface area (Å²) in [5.41, 5.74) is 4.35. The number of aryl methyl sites for hydroxylation is 1. The Labute approximate surface area is 223 Å². The molecule has 2 aliphatic rings. The number of piperazine rings is 1. The Morgan fingerprint density at radius 2 is 1.42 bits per heavy atom. The highest BCUT2D eigenvalue weighted by Crippen LogP contribution is 2.43. The Balaban J connectivity index is 1.37. The van der Waals surface area contributed by atoms with Crippen molar-refractivity contribution in [3.8, 4) is 23.0 Å². The number of anilines is 2. The Kier molecular flexibility index (Phi) is 7.26. The van der Waals surface area contributed by atoms with E-state index in [0.717, 1.165) is 48.9 Å². The van der Waals surface area contributed by atoms with Gasteiger partial charge in [0.25, 0.3) is 0 Å². The molecule has 1 aliphatic heterocycles. The predicted molar refractivity (Wildman–Crippen MR) is 146 cm³/mol. The number of methoxy groups -OCH3 is 4. The van der Waals surface area contributed by atoms with Gasteiger partial charge in [0.1, 0.15) is 5.75 Å². The van der Waals surface area contributed by atoms with Gasteiger partial charge in [0.2, 0.25) is 11.7 Å². The van der Waals surface area contributed by atoms with E-state index in [-0.39, 0.29) is 11.7 Å². The van der Waals surface area contributed by atoms with Crippen LogP contribution in [0.3, 0.4) is 0 Å². The maximum Gasteiger partial charge on any atom is 0.225 e. The Morgan fingerprint density at radius 3 is 2.00 bits per heavy atom. The van der Waals surface area contributed by atoms with Crippen molar-refractivity contribution < 1.29 is 23.7 Å². The van der Waals surface area contributed by atoms with E-state index in [4.69, 9.17) is 28.9 Å². The van der Waals surface area contributed by atoms with Gasteiger partial charge in [-0.25, -0.2) is 9.97 Å². The molecule has 0 N–H and O–H groups in total. The largest absolute Gasteiger partial charge is 0.497 e. The zero-order valence-electron chi connectivity index (χ0n) is 22.6. The zero-order valence-corrected chi connectivity index (χ0v) is 22.6. The first-order valence-corrected chi connectivity index (χ1v) is 12.8.